The molecule has 5 rings (SSSR count). The van der Waals surface area contributed by atoms with Gasteiger partial charge in [-0.25, -0.2) is 13.2 Å². The molecule has 2 aromatic rings. The number of carbonyl (C=O) groups is 1. The van der Waals surface area contributed by atoms with E-state index in [1.165, 1.54) is 17.0 Å². The zero-order valence-electron chi connectivity index (χ0n) is 17.3. The maximum Gasteiger partial charge on any atom is 0.272 e. The van der Waals surface area contributed by atoms with Gasteiger partial charge in [0.1, 0.15) is 17.6 Å². The number of carbonyl (C=O) groups excluding carboxylic acids is 1. The summed E-state index contributed by atoms with van der Waals surface area (Å²) in [7, 11) is 1.65. The van der Waals surface area contributed by atoms with Crippen molar-refractivity contribution >= 4 is 11.6 Å². The first-order valence-electron chi connectivity index (χ1n) is 10.3. The highest BCUT2D eigenvalue weighted by atomic mass is 19.3. The summed E-state index contributed by atoms with van der Waals surface area (Å²) >= 11 is 0. The average molecular weight is 429 g/mol. The van der Waals surface area contributed by atoms with Crippen molar-refractivity contribution < 1.29 is 18.0 Å². The summed E-state index contributed by atoms with van der Waals surface area (Å²) in [6, 6.07) is 6.28. The first-order chi connectivity index (χ1) is 14.6. The van der Waals surface area contributed by atoms with E-state index in [2.05, 4.69) is 5.10 Å². The normalized spacial score (nSPS) is 23.6. The minimum atomic E-state index is -2.69. The highest BCUT2D eigenvalue weighted by Crippen LogP contribution is 2.54. The third-order valence-electron chi connectivity index (χ3n) is 6.76. The second kappa shape index (κ2) is 6.49. The molecule has 162 valence electrons. The molecule has 1 atom stereocenters. The van der Waals surface area contributed by atoms with Crippen LogP contribution in [0.1, 0.15) is 47.1 Å². The number of hydrogen-bond donors (Lipinski definition) is 0. The van der Waals surface area contributed by atoms with E-state index in [0.29, 0.717) is 30.9 Å². The summed E-state index contributed by atoms with van der Waals surface area (Å²) in [6.45, 7) is 2.96. The molecule has 3 aliphatic rings. The van der Waals surface area contributed by atoms with Crippen LogP contribution in [0.5, 0.6) is 0 Å². The lowest BCUT2D eigenvalue weighted by Gasteiger charge is -2.47. The van der Waals surface area contributed by atoms with Crippen LogP contribution in [0.25, 0.3) is 0 Å². The topological polar surface area (TPSA) is 65.2 Å². The molecular formula is C22H22F3N5O. The Kier molecular flexibility index (Phi) is 4.17. The smallest absolute Gasteiger partial charge is 0.272 e. The van der Waals surface area contributed by atoms with Gasteiger partial charge in [0.15, 0.2) is 0 Å². The summed E-state index contributed by atoms with van der Waals surface area (Å²) in [5.74, 6) is -3.48. The summed E-state index contributed by atoms with van der Waals surface area (Å²) in [5.41, 5.74) is 2.03. The molecule has 3 heterocycles. The number of benzene rings is 1. The Morgan fingerprint density at radius 1 is 1.26 bits per heavy atom. The van der Waals surface area contributed by atoms with Crippen molar-refractivity contribution in [3.05, 3.63) is 46.5 Å². The van der Waals surface area contributed by atoms with Gasteiger partial charge in [-0.3, -0.25) is 9.48 Å². The van der Waals surface area contributed by atoms with Gasteiger partial charge in [0.05, 0.1) is 11.3 Å². The summed E-state index contributed by atoms with van der Waals surface area (Å²) in [4.78, 5) is 16.8. The van der Waals surface area contributed by atoms with Crippen LogP contribution >= 0.6 is 0 Å². The molecule has 31 heavy (non-hydrogen) atoms. The highest BCUT2D eigenvalue weighted by Gasteiger charge is 2.58. The summed E-state index contributed by atoms with van der Waals surface area (Å²) in [5, 5.41) is 13.8. The fourth-order valence-electron chi connectivity index (χ4n) is 5.46. The van der Waals surface area contributed by atoms with E-state index in [1.807, 2.05) is 17.9 Å². The van der Waals surface area contributed by atoms with E-state index in [-0.39, 0.29) is 36.9 Å². The maximum absolute atomic E-state index is 13.8. The highest BCUT2D eigenvalue weighted by molar-refractivity contribution is 5.94. The molecule has 0 unspecified atom stereocenters. The van der Waals surface area contributed by atoms with Crippen LogP contribution in [-0.2, 0) is 19.5 Å². The standard InChI is InChI=1S/C22H22F3N5O/c1-13-5-18-16(8-29(13)15-3-4-17(23)14(6-15)7-26)19-20(31)28(2)11-21(12-30(19)27-18)9-22(24,25)10-21/h3-4,6,13H,5,8-12H2,1-2H3/t13-/m1/s1. The van der Waals surface area contributed by atoms with Gasteiger partial charge in [-0.2, -0.15) is 10.4 Å². The quantitative estimate of drug-likeness (QED) is 0.698. The second-order valence-corrected chi connectivity index (χ2v) is 9.26. The van der Waals surface area contributed by atoms with Gasteiger partial charge in [0, 0.05) is 68.7 Å². The minimum Gasteiger partial charge on any atom is -0.364 e. The first-order valence-corrected chi connectivity index (χ1v) is 10.3. The SMILES string of the molecule is C[C@@H]1Cc2nn3c(c2CN1c1ccc(F)c(C#N)c1)C(=O)N(C)CC1(C3)CC(F)(F)C1. The number of fused-ring (bicyclic) bond motifs is 3. The van der Waals surface area contributed by atoms with Gasteiger partial charge in [0.2, 0.25) is 5.92 Å². The van der Waals surface area contributed by atoms with E-state index in [0.717, 1.165) is 11.3 Å². The molecule has 1 aromatic carbocycles. The fourth-order valence-corrected chi connectivity index (χ4v) is 5.46. The molecule has 1 aliphatic carbocycles. The Hall–Kier alpha value is -3.02. The molecule has 1 aromatic heterocycles. The molecule has 1 saturated carbocycles. The van der Waals surface area contributed by atoms with Gasteiger partial charge in [0.25, 0.3) is 5.91 Å². The number of nitriles is 1. The van der Waals surface area contributed by atoms with Crippen LogP contribution in [0, 0.1) is 22.6 Å². The summed E-state index contributed by atoms with van der Waals surface area (Å²) in [6.07, 6.45) is 0.0853. The van der Waals surface area contributed by atoms with Crippen LogP contribution < -0.4 is 4.90 Å². The van der Waals surface area contributed by atoms with E-state index < -0.39 is 17.2 Å². The fraction of sp³-hybridized carbons (Fsp3) is 0.500. The lowest BCUT2D eigenvalue weighted by Crippen LogP contribution is -2.53. The molecule has 1 spiro atoms. The molecule has 1 fully saturated rings. The van der Waals surface area contributed by atoms with Crippen molar-refractivity contribution in [3.63, 3.8) is 0 Å². The third kappa shape index (κ3) is 3.08. The van der Waals surface area contributed by atoms with Gasteiger partial charge >= 0.3 is 0 Å². The van der Waals surface area contributed by atoms with Gasteiger partial charge < -0.3 is 9.80 Å². The Bertz CT molecular complexity index is 1130. The van der Waals surface area contributed by atoms with Crippen molar-refractivity contribution in [1.82, 2.24) is 14.7 Å². The van der Waals surface area contributed by atoms with Crippen LogP contribution in [0.4, 0.5) is 18.9 Å². The molecule has 0 radical (unpaired) electrons. The Morgan fingerprint density at radius 2 is 2.00 bits per heavy atom. The van der Waals surface area contributed by atoms with Crippen molar-refractivity contribution in [2.24, 2.45) is 5.41 Å². The van der Waals surface area contributed by atoms with E-state index in [4.69, 9.17) is 0 Å². The number of aromatic nitrogens is 2. The van der Waals surface area contributed by atoms with Crippen molar-refractivity contribution in [3.8, 4) is 6.07 Å². The Labute approximate surface area is 177 Å². The number of amides is 1. The zero-order valence-corrected chi connectivity index (χ0v) is 17.3. The number of alkyl halides is 2. The predicted molar refractivity (Wildman–Crippen MR) is 106 cm³/mol. The minimum absolute atomic E-state index is 0.0125. The molecule has 6 nitrogen and oxygen atoms in total. The monoisotopic (exact) mass is 429 g/mol. The predicted octanol–water partition coefficient (Wildman–Crippen LogP) is 3.35. The number of halogens is 3. The molecule has 1 amide bonds. The molecule has 2 aliphatic heterocycles. The number of rotatable bonds is 1. The van der Waals surface area contributed by atoms with Gasteiger partial charge in [-0.1, -0.05) is 0 Å². The molecule has 0 bridgehead atoms. The molecule has 0 saturated heterocycles. The van der Waals surface area contributed by atoms with Crippen LogP contribution in [0.2, 0.25) is 0 Å². The lowest BCUT2D eigenvalue weighted by molar-refractivity contribution is -0.170. The van der Waals surface area contributed by atoms with Crippen molar-refractivity contribution in [2.45, 2.75) is 51.2 Å². The first kappa shape index (κ1) is 19.9. The van der Waals surface area contributed by atoms with E-state index in [9.17, 15) is 23.2 Å². The maximum atomic E-state index is 13.8. The third-order valence-corrected chi connectivity index (χ3v) is 6.76. The largest absolute Gasteiger partial charge is 0.364 e. The number of anilines is 1. The number of hydrogen-bond acceptors (Lipinski definition) is 4. The lowest BCUT2D eigenvalue weighted by atomic mass is 9.65. The van der Waals surface area contributed by atoms with Crippen LogP contribution in [-0.4, -0.2) is 46.1 Å². The van der Waals surface area contributed by atoms with Gasteiger partial charge in [-0.05, 0) is 25.1 Å². The Morgan fingerprint density at radius 3 is 2.68 bits per heavy atom. The van der Waals surface area contributed by atoms with Crippen molar-refractivity contribution in [1.29, 1.82) is 5.26 Å². The molecule has 9 heteroatoms. The van der Waals surface area contributed by atoms with Gasteiger partial charge in [-0.15, -0.1) is 0 Å². The van der Waals surface area contributed by atoms with Crippen molar-refractivity contribution in [2.75, 3.05) is 18.5 Å². The van der Waals surface area contributed by atoms with E-state index in [1.54, 1.807) is 17.8 Å². The molecule has 0 N–H and O–H groups in total. The molecular weight excluding hydrogens is 407 g/mol. The zero-order chi connectivity index (χ0) is 22.1. The average Bonchev–Trinajstić information content (AvgIpc) is 2.96. The van der Waals surface area contributed by atoms with Crippen LogP contribution in [0.3, 0.4) is 0 Å². The summed E-state index contributed by atoms with van der Waals surface area (Å²) < 4.78 is 42.9. The van der Waals surface area contributed by atoms with Crippen LogP contribution in [0.15, 0.2) is 18.2 Å². The number of nitrogens with zero attached hydrogens (tertiary/aromatic N) is 5. The van der Waals surface area contributed by atoms with E-state index >= 15 is 0 Å². The Balaban J connectivity index is 1.53. The second-order valence-electron chi connectivity index (χ2n) is 9.26.